The van der Waals surface area contributed by atoms with Gasteiger partial charge in [-0.15, -0.1) is 0 Å². The van der Waals surface area contributed by atoms with Crippen molar-refractivity contribution in [3.05, 3.63) is 23.3 Å². The van der Waals surface area contributed by atoms with Gasteiger partial charge in [0, 0.05) is 0 Å². The zero-order valence-corrected chi connectivity index (χ0v) is 18.1. The summed E-state index contributed by atoms with van der Waals surface area (Å²) in [5, 5.41) is 20.7. The van der Waals surface area contributed by atoms with Crippen LogP contribution in [0.25, 0.3) is 0 Å². The average molecular weight is 479 g/mol. The molecule has 2 aliphatic carbocycles. The minimum Gasteiger partial charge on any atom is -0.545 e. The third kappa shape index (κ3) is 9.07. The van der Waals surface area contributed by atoms with E-state index in [-0.39, 0.29) is 27.7 Å². The summed E-state index contributed by atoms with van der Waals surface area (Å²) >= 11 is 0. The molecule has 0 saturated heterocycles. The quantitative estimate of drug-likeness (QED) is 0.559. The molecule has 21 heavy (non-hydrogen) atoms. The molecule has 112 valence electrons. The van der Waals surface area contributed by atoms with Crippen LogP contribution in [-0.2, 0) is 37.3 Å². The number of hydrogen-bond acceptors (Lipinski definition) is 4. The van der Waals surface area contributed by atoms with Crippen molar-refractivity contribution in [3.63, 3.8) is 0 Å². The number of carboxylic acids is 2. The molecule has 0 aromatic heterocycles. The molecule has 0 amide bonds. The molecule has 0 aliphatic heterocycles. The predicted octanol–water partition coefficient (Wildman–Crippen LogP) is 1.25. The predicted molar refractivity (Wildman–Crippen MR) is 72.4 cm³/mol. The zero-order chi connectivity index (χ0) is 14.8. The Morgan fingerprint density at radius 2 is 1.10 bits per heavy atom. The van der Waals surface area contributed by atoms with Gasteiger partial charge in [-0.25, -0.2) is 0 Å². The van der Waals surface area contributed by atoms with Gasteiger partial charge in [-0.05, 0) is 62.5 Å². The second-order valence-corrected chi connectivity index (χ2v) is 5.23. The van der Waals surface area contributed by atoms with Crippen molar-refractivity contribution in [1.82, 2.24) is 0 Å². The van der Waals surface area contributed by atoms with Gasteiger partial charge in [0.15, 0.2) is 0 Å². The van der Waals surface area contributed by atoms with E-state index in [1.807, 2.05) is 0 Å². The molecule has 4 nitrogen and oxygen atoms in total. The minimum absolute atomic E-state index is 0. The van der Waals surface area contributed by atoms with Gasteiger partial charge < -0.3 is 19.8 Å². The van der Waals surface area contributed by atoms with Gasteiger partial charge >= 0.3 is 27.7 Å². The molecule has 2 rings (SSSR count). The molecule has 0 fully saturated rings. The summed E-state index contributed by atoms with van der Waals surface area (Å²) in [4.78, 5) is 20.7. The first-order valence-electron chi connectivity index (χ1n) is 7.42. The Morgan fingerprint density at radius 3 is 1.43 bits per heavy atom. The maximum absolute atomic E-state index is 10.3. The van der Waals surface area contributed by atoms with E-state index in [1.54, 1.807) is 12.2 Å². The first-order chi connectivity index (χ1) is 9.61. The maximum Gasteiger partial charge on any atom is 2.00 e. The summed E-state index contributed by atoms with van der Waals surface area (Å²) in [5.41, 5.74) is 0.995. The molecule has 0 N–H and O–H groups in total. The normalized spacial score (nSPS) is 18.5. The van der Waals surface area contributed by atoms with Crippen LogP contribution in [0.5, 0.6) is 0 Å². The van der Waals surface area contributed by atoms with Crippen LogP contribution >= 0.6 is 0 Å². The Balaban J connectivity index is 0.000000364. The monoisotopic (exact) mass is 480 g/mol. The molecule has 0 aromatic rings. The number of carboxylic acid groups (broad SMARTS) is 2. The molecule has 0 radical (unpaired) electrons. The zero-order valence-electron chi connectivity index (χ0n) is 12.6. The standard InChI is InChI=1S/2C8H12O2.Hg/c2*9-8(10)7-5-3-1-2-4-6-7;/h2*5H,1-4,6H2,(H,9,10);/q;;+2/p-2. The summed E-state index contributed by atoms with van der Waals surface area (Å²) in [6, 6.07) is 0. The van der Waals surface area contributed by atoms with Crippen LogP contribution in [0.3, 0.4) is 0 Å². The average Bonchev–Trinajstić information content (AvgIpc) is 2.84. The number of hydrogen-bond donors (Lipinski definition) is 0. The van der Waals surface area contributed by atoms with E-state index in [2.05, 4.69) is 0 Å². The van der Waals surface area contributed by atoms with Crippen molar-refractivity contribution in [3.8, 4) is 0 Å². The number of carbonyl (C=O) groups excluding carboxylic acids is 2. The molecule has 0 atom stereocenters. The number of rotatable bonds is 2. The van der Waals surface area contributed by atoms with Gasteiger partial charge in [0.05, 0.1) is 11.9 Å². The smallest absolute Gasteiger partial charge is 0.545 e. The van der Waals surface area contributed by atoms with Crippen molar-refractivity contribution >= 4 is 11.9 Å². The SMILES string of the molecule is O=C([O-])C1=CCCCCC1.O=C([O-])C1=CCCCCC1.[Hg+2]. The summed E-state index contributed by atoms with van der Waals surface area (Å²) in [6.07, 6.45) is 13.3. The number of aliphatic carboxylic acids is 2. The second kappa shape index (κ2) is 12.0. The Hall–Kier alpha value is -0.645. The summed E-state index contributed by atoms with van der Waals surface area (Å²) < 4.78 is 0. The van der Waals surface area contributed by atoms with Crippen LogP contribution in [0.2, 0.25) is 0 Å². The largest absolute Gasteiger partial charge is 2.00 e. The molecule has 0 spiro atoms. The fourth-order valence-electron chi connectivity index (χ4n) is 2.40. The summed E-state index contributed by atoms with van der Waals surface area (Å²) in [5.74, 6) is -1.97. The molecule has 0 unspecified atom stereocenters. The van der Waals surface area contributed by atoms with E-state index in [0.717, 1.165) is 51.4 Å². The number of carbonyl (C=O) groups is 2. The van der Waals surface area contributed by atoms with Crippen LogP contribution in [0.1, 0.15) is 64.2 Å². The van der Waals surface area contributed by atoms with Gasteiger partial charge in [-0.1, -0.05) is 25.0 Å². The van der Waals surface area contributed by atoms with Crippen molar-refractivity contribution < 1.29 is 47.5 Å². The first-order valence-corrected chi connectivity index (χ1v) is 7.42. The van der Waals surface area contributed by atoms with Gasteiger partial charge in [0.25, 0.3) is 0 Å². The third-order valence-corrected chi connectivity index (χ3v) is 3.61. The van der Waals surface area contributed by atoms with Gasteiger partial charge in [-0.2, -0.15) is 0 Å². The van der Waals surface area contributed by atoms with Gasteiger partial charge in [-0.3, -0.25) is 0 Å². The molecule has 0 aromatic carbocycles. The van der Waals surface area contributed by atoms with Crippen molar-refractivity contribution in [2.45, 2.75) is 64.2 Å². The second-order valence-electron chi connectivity index (χ2n) is 5.23. The van der Waals surface area contributed by atoms with E-state index in [1.165, 1.54) is 0 Å². The summed E-state index contributed by atoms with van der Waals surface area (Å²) in [6.45, 7) is 0. The van der Waals surface area contributed by atoms with Crippen LogP contribution < -0.4 is 10.2 Å². The van der Waals surface area contributed by atoms with Crippen LogP contribution in [-0.4, -0.2) is 11.9 Å². The van der Waals surface area contributed by atoms with E-state index < -0.39 is 11.9 Å². The van der Waals surface area contributed by atoms with Crippen molar-refractivity contribution in [1.29, 1.82) is 0 Å². The Morgan fingerprint density at radius 1 is 0.714 bits per heavy atom. The van der Waals surface area contributed by atoms with Gasteiger partial charge in [0.2, 0.25) is 0 Å². The third-order valence-electron chi connectivity index (χ3n) is 3.61. The number of allylic oxidation sites excluding steroid dienone is 2. The summed E-state index contributed by atoms with van der Waals surface area (Å²) in [7, 11) is 0. The molecule has 2 aliphatic rings. The topological polar surface area (TPSA) is 80.3 Å². The van der Waals surface area contributed by atoms with E-state index in [0.29, 0.717) is 24.0 Å². The molecule has 0 heterocycles. The van der Waals surface area contributed by atoms with E-state index in [4.69, 9.17) is 0 Å². The van der Waals surface area contributed by atoms with Crippen LogP contribution in [0.15, 0.2) is 23.3 Å². The van der Waals surface area contributed by atoms with Crippen molar-refractivity contribution in [2.75, 3.05) is 0 Å². The Labute approximate surface area is 146 Å². The van der Waals surface area contributed by atoms with Crippen LogP contribution in [0.4, 0.5) is 0 Å². The molecule has 0 bridgehead atoms. The molecular weight excluding hydrogens is 457 g/mol. The van der Waals surface area contributed by atoms with Crippen LogP contribution in [0, 0.1) is 0 Å². The molecule has 0 saturated carbocycles. The maximum atomic E-state index is 10.3. The van der Waals surface area contributed by atoms with Crippen molar-refractivity contribution in [2.24, 2.45) is 0 Å². The molecule has 5 heteroatoms. The minimum atomic E-state index is -0.984. The molecular formula is C16H22HgO4. The van der Waals surface area contributed by atoms with E-state index >= 15 is 0 Å². The Bertz CT molecular complexity index is 361. The first kappa shape index (κ1) is 20.4. The fourth-order valence-corrected chi connectivity index (χ4v) is 2.40. The Kier molecular flexibility index (Phi) is 11.6. The van der Waals surface area contributed by atoms with Gasteiger partial charge in [0.1, 0.15) is 0 Å². The fraction of sp³-hybridized carbons (Fsp3) is 0.625. The van der Waals surface area contributed by atoms with E-state index in [9.17, 15) is 19.8 Å².